The highest BCUT2D eigenvalue weighted by Crippen LogP contribution is 2.23. The van der Waals surface area contributed by atoms with Crippen LogP contribution in [0.3, 0.4) is 0 Å². The van der Waals surface area contributed by atoms with Gasteiger partial charge in [-0.15, -0.1) is 10.2 Å². The van der Waals surface area contributed by atoms with E-state index in [9.17, 15) is 4.79 Å². The predicted octanol–water partition coefficient (Wildman–Crippen LogP) is 2.41. The summed E-state index contributed by atoms with van der Waals surface area (Å²) in [6, 6.07) is 14.3. The van der Waals surface area contributed by atoms with Gasteiger partial charge >= 0.3 is 0 Å². The van der Waals surface area contributed by atoms with Crippen molar-refractivity contribution in [2.24, 2.45) is 0 Å². The molecular weight excluding hydrogens is 414 g/mol. The third-order valence-electron chi connectivity index (χ3n) is 3.59. The van der Waals surface area contributed by atoms with Crippen LogP contribution in [0, 0.1) is 0 Å². The molecule has 3 rings (SSSR count). The predicted molar refractivity (Wildman–Crippen MR) is 113 cm³/mol. The molecule has 0 unspecified atom stereocenters. The van der Waals surface area contributed by atoms with Crippen LogP contribution < -0.4 is 20.9 Å². The van der Waals surface area contributed by atoms with Gasteiger partial charge in [0, 0.05) is 10.6 Å². The maximum atomic E-state index is 12.1. The molecule has 29 heavy (non-hydrogen) atoms. The molecule has 9 nitrogen and oxygen atoms in total. The van der Waals surface area contributed by atoms with E-state index < -0.39 is 5.91 Å². The van der Waals surface area contributed by atoms with Gasteiger partial charge in [0.05, 0.1) is 12.3 Å². The van der Waals surface area contributed by atoms with Crippen LogP contribution in [-0.4, -0.2) is 37.8 Å². The highest BCUT2D eigenvalue weighted by molar-refractivity contribution is 7.80. The quantitative estimate of drug-likeness (QED) is 0.403. The van der Waals surface area contributed by atoms with E-state index in [-0.39, 0.29) is 11.7 Å². The van der Waals surface area contributed by atoms with E-state index in [1.54, 1.807) is 24.3 Å². The number of hydrazine groups is 1. The van der Waals surface area contributed by atoms with Gasteiger partial charge in [-0.2, -0.15) is 4.80 Å². The van der Waals surface area contributed by atoms with Crippen LogP contribution in [0.25, 0.3) is 11.4 Å². The number of tetrazole rings is 1. The van der Waals surface area contributed by atoms with E-state index in [1.165, 1.54) is 4.80 Å². The second-order valence-corrected chi connectivity index (χ2v) is 6.55. The van der Waals surface area contributed by atoms with Crippen LogP contribution in [0.4, 0.5) is 5.69 Å². The zero-order chi connectivity index (χ0) is 20.6. The summed E-state index contributed by atoms with van der Waals surface area (Å²) in [5.41, 5.74) is 6.54. The number of ether oxygens (including phenoxy) is 1. The summed E-state index contributed by atoms with van der Waals surface area (Å²) < 4.78 is 5.52. The minimum atomic E-state index is -0.396. The number of rotatable bonds is 6. The van der Waals surface area contributed by atoms with Crippen molar-refractivity contribution in [2.45, 2.75) is 13.5 Å². The Kier molecular flexibility index (Phi) is 6.93. The molecule has 1 heterocycles. The fraction of sp³-hybridized carbons (Fsp3) is 0.167. The number of carbonyl (C=O) groups excluding carboxylic acids is 1. The molecule has 150 valence electrons. The number of halogens is 1. The Bertz CT molecular complexity index is 994. The highest BCUT2D eigenvalue weighted by atomic mass is 35.5. The van der Waals surface area contributed by atoms with E-state index in [0.29, 0.717) is 28.9 Å². The van der Waals surface area contributed by atoms with Crippen molar-refractivity contribution >= 4 is 40.5 Å². The van der Waals surface area contributed by atoms with Crippen molar-refractivity contribution in [2.75, 3.05) is 11.9 Å². The first-order valence-corrected chi connectivity index (χ1v) is 9.45. The molecule has 0 spiro atoms. The molecule has 0 aliphatic heterocycles. The fourth-order valence-corrected chi connectivity index (χ4v) is 2.61. The first-order valence-electron chi connectivity index (χ1n) is 8.66. The maximum absolute atomic E-state index is 12.1. The monoisotopic (exact) mass is 431 g/mol. The average molecular weight is 432 g/mol. The Hall–Kier alpha value is -3.24. The largest absolute Gasteiger partial charge is 0.492 e. The van der Waals surface area contributed by atoms with Crippen LogP contribution >= 0.6 is 23.8 Å². The number of carbonyl (C=O) groups is 1. The molecule has 3 aromatic rings. The summed E-state index contributed by atoms with van der Waals surface area (Å²) in [6.07, 6.45) is 0. The molecular formula is C18H18ClN7O2S. The Morgan fingerprint density at radius 3 is 2.69 bits per heavy atom. The van der Waals surface area contributed by atoms with Gasteiger partial charge in [-0.25, -0.2) is 0 Å². The van der Waals surface area contributed by atoms with Gasteiger partial charge in [0.25, 0.3) is 5.91 Å². The fourth-order valence-electron chi connectivity index (χ4n) is 2.32. The number of nitrogens with zero attached hydrogens (tertiary/aromatic N) is 4. The molecule has 11 heteroatoms. The number of hydrogen-bond acceptors (Lipinski definition) is 6. The molecule has 0 radical (unpaired) electrons. The summed E-state index contributed by atoms with van der Waals surface area (Å²) in [5.74, 6) is 0.659. The zero-order valence-electron chi connectivity index (χ0n) is 15.4. The second-order valence-electron chi connectivity index (χ2n) is 5.71. The van der Waals surface area contributed by atoms with Gasteiger partial charge in [0.1, 0.15) is 12.3 Å². The van der Waals surface area contributed by atoms with Gasteiger partial charge in [-0.1, -0.05) is 23.7 Å². The third kappa shape index (κ3) is 5.87. The Balaban J connectivity index is 1.50. The van der Waals surface area contributed by atoms with Crippen molar-refractivity contribution < 1.29 is 9.53 Å². The number of anilines is 1. The van der Waals surface area contributed by atoms with Crippen LogP contribution in [0.5, 0.6) is 5.75 Å². The standard InChI is InChI=1S/C18H18ClN7O2S/c1-2-28-15-6-4-3-5-14(15)20-18(29)23-21-16(27)11-26-24-17(22-25-26)12-7-9-13(19)10-8-12/h3-10H,2,11H2,1H3,(H,21,27)(H2,20,23,29). The topological polar surface area (TPSA) is 106 Å². The second kappa shape index (κ2) is 9.80. The van der Waals surface area contributed by atoms with E-state index in [4.69, 9.17) is 28.6 Å². The number of amides is 1. The van der Waals surface area contributed by atoms with Crippen molar-refractivity contribution in [1.82, 2.24) is 31.1 Å². The first-order chi connectivity index (χ1) is 14.0. The normalized spacial score (nSPS) is 10.3. The number of aromatic nitrogens is 4. The van der Waals surface area contributed by atoms with Crippen molar-refractivity contribution in [3.05, 3.63) is 53.6 Å². The molecule has 2 aromatic carbocycles. The number of thiocarbonyl (C=S) groups is 1. The van der Waals surface area contributed by atoms with Crippen molar-refractivity contribution in [1.29, 1.82) is 0 Å². The molecule has 0 saturated carbocycles. The smallest absolute Gasteiger partial charge is 0.262 e. The zero-order valence-corrected chi connectivity index (χ0v) is 17.0. The average Bonchev–Trinajstić information content (AvgIpc) is 3.17. The van der Waals surface area contributed by atoms with E-state index in [2.05, 4.69) is 31.6 Å². The molecule has 0 atom stereocenters. The summed E-state index contributed by atoms with van der Waals surface area (Å²) in [5, 5.41) is 15.8. The van der Waals surface area contributed by atoms with E-state index in [0.717, 1.165) is 5.56 Å². The van der Waals surface area contributed by atoms with Gasteiger partial charge in [0.2, 0.25) is 5.82 Å². The number of hydrogen-bond donors (Lipinski definition) is 3. The van der Waals surface area contributed by atoms with Crippen molar-refractivity contribution in [3.63, 3.8) is 0 Å². The molecule has 0 fully saturated rings. The van der Waals surface area contributed by atoms with E-state index in [1.807, 2.05) is 31.2 Å². The Morgan fingerprint density at radius 1 is 1.17 bits per heavy atom. The first kappa shape index (κ1) is 20.5. The highest BCUT2D eigenvalue weighted by Gasteiger charge is 2.10. The summed E-state index contributed by atoms with van der Waals surface area (Å²) in [6.45, 7) is 2.29. The number of para-hydroxylation sites is 2. The lowest BCUT2D eigenvalue weighted by atomic mass is 10.2. The lowest BCUT2D eigenvalue weighted by Crippen LogP contribution is -2.45. The molecule has 0 aliphatic carbocycles. The molecule has 0 saturated heterocycles. The number of nitrogens with one attached hydrogen (secondary N) is 3. The molecule has 1 aromatic heterocycles. The van der Waals surface area contributed by atoms with Gasteiger partial charge < -0.3 is 10.1 Å². The number of benzene rings is 2. The molecule has 3 N–H and O–H groups in total. The molecule has 1 amide bonds. The Morgan fingerprint density at radius 2 is 1.93 bits per heavy atom. The minimum absolute atomic E-state index is 0.133. The summed E-state index contributed by atoms with van der Waals surface area (Å²) >= 11 is 11.1. The van der Waals surface area contributed by atoms with Crippen LogP contribution in [0.2, 0.25) is 5.02 Å². The minimum Gasteiger partial charge on any atom is -0.492 e. The Labute approximate surface area is 177 Å². The summed E-state index contributed by atoms with van der Waals surface area (Å²) in [4.78, 5) is 13.3. The lowest BCUT2D eigenvalue weighted by molar-refractivity contribution is -0.122. The summed E-state index contributed by atoms with van der Waals surface area (Å²) in [7, 11) is 0. The van der Waals surface area contributed by atoms with Gasteiger partial charge in [0.15, 0.2) is 5.11 Å². The van der Waals surface area contributed by atoms with E-state index >= 15 is 0 Å². The lowest BCUT2D eigenvalue weighted by Gasteiger charge is -2.14. The van der Waals surface area contributed by atoms with Crippen LogP contribution in [0.15, 0.2) is 48.5 Å². The van der Waals surface area contributed by atoms with Crippen molar-refractivity contribution in [3.8, 4) is 17.1 Å². The SMILES string of the molecule is CCOc1ccccc1NC(=S)NNC(=O)Cn1nnc(-c2ccc(Cl)cc2)n1. The van der Waals surface area contributed by atoms with Crippen LogP contribution in [-0.2, 0) is 11.3 Å². The van der Waals surface area contributed by atoms with Crippen LogP contribution in [0.1, 0.15) is 6.92 Å². The third-order valence-corrected chi connectivity index (χ3v) is 4.05. The maximum Gasteiger partial charge on any atom is 0.262 e. The molecule has 0 bridgehead atoms. The van der Waals surface area contributed by atoms with Gasteiger partial charge in [-0.3, -0.25) is 15.6 Å². The van der Waals surface area contributed by atoms with Gasteiger partial charge in [-0.05, 0) is 60.8 Å². The molecule has 0 aliphatic rings.